The third-order valence-corrected chi connectivity index (χ3v) is 4.97. The maximum absolute atomic E-state index is 12.3. The fourth-order valence-electron chi connectivity index (χ4n) is 3.65. The molecule has 2 amide bonds. The van der Waals surface area contributed by atoms with Crippen molar-refractivity contribution in [2.45, 2.75) is 12.3 Å². The molecule has 134 valence electrons. The number of hydrogen-bond donors (Lipinski definition) is 1. The van der Waals surface area contributed by atoms with E-state index in [0.717, 1.165) is 22.3 Å². The van der Waals surface area contributed by atoms with Crippen molar-refractivity contribution in [2.24, 2.45) is 0 Å². The first-order chi connectivity index (χ1) is 13.2. The van der Waals surface area contributed by atoms with Gasteiger partial charge in [0.15, 0.2) is 0 Å². The molecule has 3 heterocycles. The van der Waals surface area contributed by atoms with E-state index in [4.69, 9.17) is 9.72 Å². The number of hydrogen-bond acceptors (Lipinski definition) is 5. The average Bonchev–Trinajstić information content (AvgIpc) is 3.12. The highest BCUT2D eigenvalue weighted by Crippen LogP contribution is 2.38. The van der Waals surface area contributed by atoms with E-state index in [9.17, 15) is 9.59 Å². The van der Waals surface area contributed by atoms with Crippen LogP contribution in [0.1, 0.15) is 23.6 Å². The van der Waals surface area contributed by atoms with Crippen LogP contribution in [0.2, 0.25) is 0 Å². The van der Waals surface area contributed by atoms with Gasteiger partial charge in [-0.2, -0.15) is 0 Å². The molecule has 7 heteroatoms. The number of anilines is 2. The molecule has 27 heavy (non-hydrogen) atoms. The lowest BCUT2D eigenvalue weighted by molar-refractivity contribution is -0.116. The Labute approximate surface area is 155 Å². The standard InChI is InChI=1S/C20H16N4O3/c25-19-10-14(18-11-21-15-3-1-2-4-16(15)22-18)13-6-5-12(9-17(13)23-19)24-7-8-27-20(24)26/h1-6,9,11,14H,7-8,10H2,(H,23,25)/t14-/m0/s1. The fourth-order valence-corrected chi connectivity index (χ4v) is 3.65. The molecule has 1 aromatic heterocycles. The van der Waals surface area contributed by atoms with Crippen LogP contribution in [-0.4, -0.2) is 35.1 Å². The van der Waals surface area contributed by atoms with E-state index in [1.807, 2.05) is 42.5 Å². The van der Waals surface area contributed by atoms with Crippen LogP contribution in [0.5, 0.6) is 0 Å². The molecule has 0 unspecified atom stereocenters. The van der Waals surface area contributed by atoms with Crippen molar-refractivity contribution in [2.75, 3.05) is 23.4 Å². The third-order valence-electron chi connectivity index (χ3n) is 4.97. The van der Waals surface area contributed by atoms with Crippen LogP contribution in [0.15, 0.2) is 48.7 Å². The van der Waals surface area contributed by atoms with E-state index in [2.05, 4.69) is 10.3 Å². The van der Waals surface area contributed by atoms with Gasteiger partial charge in [-0.25, -0.2) is 9.78 Å². The largest absolute Gasteiger partial charge is 0.447 e. The highest BCUT2D eigenvalue weighted by molar-refractivity contribution is 5.97. The topological polar surface area (TPSA) is 84.4 Å². The van der Waals surface area contributed by atoms with Crippen molar-refractivity contribution in [1.29, 1.82) is 0 Å². The van der Waals surface area contributed by atoms with Gasteiger partial charge < -0.3 is 10.1 Å². The molecule has 2 aromatic carbocycles. The maximum atomic E-state index is 12.3. The van der Waals surface area contributed by atoms with Gasteiger partial charge in [-0.3, -0.25) is 14.7 Å². The smallest absolute Gasteiger partial charge is 0.414 e. The monoisotopic (exact) mass is 360 g/mol. The summed E-state index contributed by atoms with van der Waals surface area (Å²) in [6, 6.07) is 13.3. The van der Waals surface area contributed by atoms with Crippen molar-refractivity contribution < 1.29 is 14.3 Å². The Morgan fingerprint density at radius 2 is 1.96 bits per heavy atom. The van der Waals surface area contributed by atoms with Crippen molar-refractivity contribution in [3.63, 3.8) is 0 Å². The molecule has 2 aliphatic heterocycles. The first-order valence-corrected chi connectivity index (χ1v) is 8.79. The summed E-state index contributed by atoms with van der Waals surface area (Å²) in [5.41, 5.74) is 4.77. The maximum Gasteiger partial charge on any atom is 0.414 e. The van der Waals surface area contributed by atoms with E-state index in [1.165, 1.54) is 0 Å². The molecule has 0 saturated carbocycles. The second-order valence-electron chi connectivity index (χ2n) is 6.63. The van der Waals surface area contributed by atoms with Crippen molar-refractivity contribution in [1.82, 2.24) is 9.97 Å². The van der Waals surface area contributed by atoms with E-state index in [1.54, 1.807) is 11.1 Å². The Morgan fingerprint density at radius 3 is 2.78 bits per heavy atom. The van der Waals surface area contributed by atoms with Crippen LogP contribution in [-0.2, 0) is 9.53 Å². The van der Waals surface area contributed by atoms with E-state index < -0.39 is 0 Å². The zero-order valence-corrected chi connectivity index (χ0v) is 14.4. The first kappa shape index (κ1) is 15.7. The number of aromatic nitrogens is 2. The van der Waals surface area contributed by atoms with Gasteiger partial charge in [0.25, 0.3) is 0 Å². The minimum absolute atomic E-state index is 0.0800. The summed E-state index contributed by atoms with van der Waals surface area (Å²) < 4.78 is 5.00. The van der Waals surface area contributed by atoms with Gasteiger partial charge in [0.05, 0.1) is 23.3 Å². The Morgan fingerprint density at radius 1 is 1.11 bits per heavy atom. The predicted molar refractivity (Wildman–Crippen MR) is 99.8 cm³/mol. The van der Waals surface area contributed by atoms with Gasteiger partial charge >= 0.3 is 6.09 Å². The second kappa shape index (κ2) is 6.05. The SMILES string of the molecule is O=C1C[C@H](c2cnc3ccccc3n2)c2ccc(N3CCOC3=O)cc2N1. The summed E-state index contributed by atoms with van der Waals surface area (Å²) in [5.74, 6) is -0.256. The fraction of sp³-hybridized carbons (Fsp3) is 0.200. The van der Waals surface area contributed by atoms with Crippen LogP contribution >= 0.6 is 0 Å². The molecule has 5 rings (SSSR count). The number of carbonyl (C=O) groups excluding carboxylic acids is 2. The number of ether oxygens (including phenoxy) is 1. The van der Waals surface area contributed by atoms with Crippen LogP contribution in [0.3, 0.4) is 0 Å². The molecule has 7 nitrogen and oxygen atoms in total. The van der Waals surface area contributed by atoms with E-state index in [0.29, 0.717) is 30.9 Å². The number of para-hydroxylation sites is 2. The zero-order valence-electron chi connectivity index (χ0n) is 14.4. The van der Waals surface area contributed by atoms with Crippen LogP contribution in [0, 0.1) is 0 Å². The van der Waals surface area contributed by atoms with Gasteiger partial charge in [0.2, 0.25) is 5.91 Å². The van der Waals surface area contributed by atoms with Gasteiger partial charge in [-0.05, 0) is 29.8 Å². The quantitative estimate of drug-likeness (QED) is 0.759. The molecule has 1 atom stereocenters. The van der Waals surface area contributed by atoms with Gasteiger partial charge in [0.1, 0.15) is 6.61 Å². The third kappa shape index (κ3) is 2.68. The van der Waals surface area contributed by atoms with Crippen molar-refractivity contribution in [3.8, 4) is 0 Å². The Balaban J connectivity index is 1.57. The second-order valence-corrected chi connectivity index (χ2v) is 6.63. The van der Waals surface area contributed by atoms with Crippen LogP contribution in [0.25, 0.3) is 11.0 Å². The average molecular weight is 360 g/mol. The number of nitrogens with zero attached hydrogens (tertiary/aromatic N) is 3. The minimum Gasteiger partial charge on any atom is -0.447 e. The normalized spacial score (nSPS) is 19.0. The lowest BCUT2D eigenvalue weighted by Gasteiger charge is -2.26. The molecule has 0 aliphatic carbocycles. The number of cyclic esters (lactones) is 1. The first-order valence-electron chi connectivity index (χ1n) is 8.79. The number of amides is 2. The molecule has 2 aliphatic rings. The number of carbonyl (C=O) groups is 2. The molecule has 1 N–H and O–H groups in total. The number of benzene rings is 2. The summed E-state index contributed by atoms with van der Waals surface area (Å²) in [6.45, 7) is 0.878. The molecular formula is C20H16N4O3. The van der Waals surface area contributed by atoms with Crippen molar-refractivity contribution >= 4 is 34.4 Å². The lowest BCUT2D eigenvalue weighted by atomic mass is 9.87. The van der Waals surface area contributed by atoms with Gasteiger partial charge in [-0.15, -0.1) is 0 Å². The number of rotatable bonds is 2. The molecule has 3 aromatic rings. The summed E-state index contributed by atoms with van der Waals surface area (Å²) >= 11 is 0. The predicted octanol–water partition coefficient (Wildman–Crippen LogP) is 3.06. The summed E-state index contributed by atoms with van der Waals surface area (Å²) in [6.07, 6.45) is 1.68. The Bertz CT molecular complexity index is 1080. The summed E-state index contributed by atoms with van der Waals surface area (Å²) in [5, 5.41) is 2.91. The highest BCUT2D eigenvalue weighted by Gasteiger charge is 2.30. The molecule has 0 radical (unpaired) electrons. The van der Waals surface area contributed by atoms with Gasteiger partial charge in [0, 0.05) is 29.9 Å². The number of fused-ring (bicyclic) bond motifs is 2. The van der Waals surface area contributed by atoms with E-state index in [-0.39, 0.29) is 17.9 Å². The zero-order chi connectivity index (χ0) is 18.4. The summed E-state index contributed by atoms with van der Waals surface area (Å²) in [4.78, 5) is 34.9. The van der Waals surface area contributed by atoms with Gasteiger partial charge in [-0.1, -0.05) is 18.2 Å². The Kier molecular flexibility index (Phi) is 3.53. The minimum atomic E-state index is -0.367. The van der Waals surface area contributed by atoms with Crippen LogP contribution in [0.4, 0.5) is 16.2 Å². The highest BCUT2D eigenvalue weighted by atomic mass is 16.6. The van der Waals surface area contributed by atoms with Crippen molar-refractivity contribution in [3.05, 3.63) is 59.9 Å². The van der Waals surface area contributed by atoms with Crippen LogP contribution < -0.4 is 10.2 Å². The molecule has 1 fully saturated rings. The molecule has 1 saturated heterocycles. The number of nitrogens with one attached hydrogen (secondary N) is 1. The molecule has 0 spiro atoms. The molecular weight excluding hydrogens is 344 g/mol. The van der Waals surface area contributed by atoms with E-state index >= 15 is 0 Å². The lowest BCUT2D eigenvalue weighted by Crippen LogP contribution is -2.26. The Hall–Kier alpha value is -3.48. The summed E-state index contributed by atoms with van der Waals surface area (Å²) in [7, 11) is 0. The molecule has 0 bridgehead atoms.